The summed E-state index contributed by atoms with van der Waals surface area (Å²) in [5, 5.41) is 27.6. The zero-order chi connectivity index (χ0) is 14.8. The molecule has 2 rings (SSSR count). The lowest BCUT2D eigenvalue weighted by atomic mass is 9.72. The van der Waals surface area contributed by atoms with E-state index >= 15 is 0 Å². The molecular weight excluding hydrogens is 302 g/mol. The van der Waals surface area contributed by atoms with Gasteiger partial charge in [-0.15, -0.1) is 12.4 Å². The molecular formula is C13H22ClNO6. The van der Waals surface area contributed by atoms with Crippen molar-refractivity contribution in [2.24, 2.45) is 5.41 Å². The first-order valence-electron chi connectivity index (χ1n) is 6.89. The summed E-state index contributed by atoms with van der Waals surface area (Å²) in [6.07, 6.45) is 1.47. The molecule has 2 aliphatic rings. The van der Waals surface area contributed by atoms with Gasteiger partial charge in [-0.1, -0.05) is 0 Å². The highest BCUT2D eigenvalue weighted by Crippen LogP contribution is 2.41. The van der Waals surface area contributed by atoms with E-state index in [4.69, 9.17) is 9.84 Å². The average molecular weight is 324 g/mol. The smallest absolute Gasteiger partial charge is 0.333 e. The minimum Gasteiger partial charge on any atom is -0.480 e. The maximum atomic E-state index is 11.3. The second kappa shape index (κ2) is 7.40. The van der Waals surface area contributed by atoms with Gasteiger partial charge in [-0.25, -0.2) is 4.79 Å². The van der Waals surface area contributed by atoms with Crippen LogP contribution in [0.5, 0.6) is 0 Å². The molecule has 2 fully saturated rings. The normalized spacial score (nSPS) is 26.8. The molecule has 0 saturated carbocycles. The van der Waals surface area contributed by atoms with Crippen LogP contribution in [0.25, 0.3) is 0 Å². The van der Waals surface area contributed by atoms with Gasteiger partial charge < -0.3 is 20.1 Å². The molecule has 0 radical (unpaired) electrons. The Hall–Kier alpha value is -0.890. The van der Waals surface area contributed by atoms with Crippen LogP contribution >= 0.6 is 12.4 Å². The molecule has 122 valence electrons. The van der Waals surface area contributed by atoms with Crippen molar-refractivity contribution in [3.63, 3.8) is 0 Å². The van der Waals surface area contributed by atoms with Crippen molar-refractivity contribution in [2.75, 3.05) is 26.3 Å². The van der Waals surface area contributed by atoms with Crippen molar-refractivity contribution in [3.8, 4) is 0 Å². The first-order valence-corrected chi connectivity index (χ1v) is 6.89. The predicted octanol–water partition coefficient (Wildman–Crippen LogP) is 0.199. The summed E-state index contributed by atoms with van der Waals surface area (Å²) in [4.78, 5) is 23.7. The molecule has 3 N–H and O–H groups in total. The highest BCUT2D eigenvalue weighted by molar-refractivity contribution is 5.85. The van der Waals surface area contributed by atoms with E-state index < -0.39 is 24.1 Å². The van der Waals surface area contributed by atoms with Crippen LogP contribution in [0.4, 0.5) is 0 Å². The molecule has 2 aliphatic heterocycles. The number of β-amino-alcohol motifs (C(OH)–C–C–N with tert-alkyl or cyclic N) is 1. The minimum atomic E-state index is -1.55. The van der Waals surface area contributed by atoms with Crippen molar-refractivity contribution in [1.29, 1.82) is 0 Å². The van der Waals surface area contributed by atoms with Crippen molar-refractivity contribution < 1.29 is 29.6 Å². The maximum absolute atomic E-state index is 11.3. The summed E-state index contributed by atoms with van der Waals surface area (Å²) in [6, 6.07) is -0.711. The van der Waals surface area contributed by atoms with Crippen LogP contribution in [0.15, 0.2) is 0 Å². The molecule has 2 atom stereocenters. The minimum absolute atomic E-state index is 0. The number of nitrogens with zero attached hydrogens (tertiary/aromatic N) is 1. The summed E-state index contributed by atoms with van der Waals surface area (Å²) in [5.41, 5.74) is 0.00240. The van der Waals surface area contributed by atoms with E-state index in [2.05, 4.69) is 0 Å². The Bertz CT molecular complexity index is 385. The summed E-state index contributed by atoms with van der Waals surface area (Å²) < 4.78 is 5.35. The fourth-order valence-electron chi connectivity index (χ4n) is 3.23. The molecule has 0 aliphatic carbocycles. The highest BCUT2D eigenvalue weighted by atomic mass is 35.5. The maximum Gasteiger partial charge on any atom is 0.333 e. The number of piperidine rings is 1. The molecule has 1 spiro atoms. The van der Waals surface area contributed by atoms with E-state index in [1.807, 2.05) is 0 Å². The van der Waals surface area contributed by atoms with Crippen LogP contribution in [-0.4, -0.2) is 70.6 Å². The van der Waals surface area contributed by atoms with Crippen molar-refractivity contribution >= 4 is 24.3 Å². The molecule has 8 heteroatoms. The van der Waals surface area contributed by atoms with Gasteiger partial charge in [0.1, 0.15) is 6.04 Å². The fraction of sp³-hybridized carbons (Fsp3) is 0.846. The summed E-state index contributed by atoms with van der Waals surface area (Å²) in [5.74, 6) is -2.27. The zero-order valence-corrected chi connectivity index (χ0v) is 12.5. The first kappa shape index (κ1) is 18.2. The van der Waals surface area contributed by atoms with Gasteiger partial charge in [0, 0.05) is 26.3 Å². The third kappa shape index (κ3) is 4.29. The average Bonchev–Trinajstić information content (AvgIpc) is 2.39. The van der Waals surface area contributed by atoms with E-state index in [1.54, 1.807) is 4.90 Å². The quantitative estimate of drug-likeness (QED) is 0.678. The second-order valence-electron chi connectivity index (χ2n) is 5.79. The molecule has 0 aromatic carbocycles. The fourth-order valence-corrected chi connectivity index (χ4v) is 3.23. The Morgan fingerprint density at radius 1 is 1.24 bits per heavy atom. The Balaban J connectivity index is 0.00000220. The van der Waals surface area contributed by atoms with Crippen LogP contribution < -0.4 is 0 Å². The van der Waals surface area contributed by atoms with Crippen LogP contribution in [0.2, 0.25) is 0 Å². The molecule has 0 aromatic heterocycles. The number of hydrogen-bond acceptors (Lipinski definition) is 5. The summed E-state index contributed by atoms with van der Waals surface area (Å²) in [7, 11) is 0. The summed E-state index contributed by atoms with van der Waals surface area (Å²) in [6.45, 7) is 1.69. The molecule has 0 bridgehead atoms. The van der Waals surface area contributed by atoms with Gasteiger partial charge in [0.2, 0.25) is 0 Å². The van der Waals surface area contributed by atoms with Gasteiger partial charge in [-0.3, -0.25) is 9.69 Å². The number of carboxylic acid groups (broad SMARTS) is 2. The Kier molecular flexibility index (Phi) is 6.40. The summed E-state index contributed by atoms with van der Waals surface area (Å²) >= 11 is 0. The monoisotopic (exact) mass is 323 g/mol. The molecule has 21 heavy (non-hydrogen) atoms. The van der Waals surface area contributed by atoms with Crippen LogP contribution in [0, 0.1) is 5.41 Å². The number of likely N-dealkylation sites (tertiary alicyclic amines) is 1. The molecule has 7 nitrogen and oxygen atoms in total. The Morgan fingerprint density at radius 2 is 1.86 bits per heavy atom. The van der Waals surface area contributed by atoms with E-state index in [0.717, 1.165) is 19.3 Å². The van der Waals surface area contributed by atoms with Gasteiger partial charge >= 0.3 is 11.9 Å². The molecule has 2 unspecified atom stereocenters. The lowest BCUT2D eigenvalue weighted by Crippen LogP contribution is -2.56. The first-order chi connectivity index (χ1) is 9.43. The van der Waals surface area contributed by atoms with Gasteiger partial charge in [-0.05, 0) is 31.1 Å². The topological polar surface area (TPSA) is 107 Å². The van der Waals surface area contributed by atoms with Crippen molar-refractivity contribution in [3.05, 3.63) is 0 Å². The van der Waals surface area contributed by atoms with Crippen molar-refractivity contribution in [1.82, 2.24) is 4.90 Å². The number of aliphatic carboxylic acids is 2. The van der Waals surface area contributed by atoms with Gasteiger partial charge in [0.25, 0.3) is 0 Å². The number of carboxylic acids is 2. The van der Waals surface area contributed by atoms with E-state index in [-0.39, 0.29) is 24.4 Å². The third-order valence-corrected chi connectivity index (χ3v) is 4.46. The van der Waals surface area contributed by atoms with E-state index in [1.165, 1.54) is 0 Å². The van der Waals surface area contributed by atoms with Crippen LogP contribution in [0.1, 0.15) is 25.7 Å². The lowest BCUT2D eigenvalue weighted by Gasteiger charge is -2.47. The Labute approximate surface area is 129 Å². The lowest BCUT2D eigenvalue weighted by molar-refractivity contribution is -0.155. The standard InChI is InChI=1S/C13H21NO6.ClH/c15-10(12(18)19)7-14-8-13(3-5-20-6-4-13)2-1-9(14)11(16)17;/h9-10,15H,1-8H2,(H,16,17)(H,18,19);1H. The van der Waals surface area contributed by atoms with E-state index in [0.29, 0.717) is 26.2 Å². The van der Waals surface area contributed by atoms with Crippen molar-refractivity contribution in [2.45, 2.75) is 37.8 Å². The number of aliphatic hydroxyl groups is 1. The number of carbonyl (C=O) groups is 2. The Morgan fingerprint density at radius 3 is 2.38 bits per heavy atom. The number of halogens is 1. The van der Waals surface area contributed by atoms with Crippen LogP contribution in [-0.2, 0) is 14.3 Å². The number of hydrogen-bond donors (Lipinski definition) is 3. The molecule has 2 heterocycles. The second-order valence-corrected chi connectivity index (χ2v) is 5.79. The molecule has 2 saturated heterocycles. The van der Waals surface area contributed by atoms with Crippen LogP contribution in [0.3, 0.4) is 0 Å². The molecule has 0 amide bonds. The predicted molar refractivity (Wildman–Crippen MR) is 75.6 cm³/mol. The van der Waals surface area contributed by atoms with E-state index in [9.17, 15) is 19.8 Å². The number of ether oxygens (including phenoxy) is 1. The number of aliphatic hydroxyl groups excluding tert-OH is 1. The molecule has 0 aromatic rings. The highest BCUT2D eigenvalue weighted by Gasteiger charge is 2.43. The van der Waals surface area contributed by atoms with Gasteiger partial charge in [0.15, 0.2) is 6.10 Å². The van der Waals surface area contributed by atoms with Gasteiger partial charge in [-0.2, -0.15) is 0 Å². The van der Waals surface area contributed by atoms with Gasteiger partial charge in [0.05, 0.1) is 0 Å². The number of rotatable bonds is 4. The zero-order valence-electron chi connectivity index (χ0n) is 11.7. The third-order valence-electron chi connectivity index (χ3n) is 4.46. The SMILES string of the molecule is Cl.O=C(O)C(O)CN1CC2(CCOCC2)CCC1C(=O)O. The largest absolute Gasteiger partial charge is 0.480 e.